The summed E-state index contributed by atoms with van der Waals surface area (Å²) in [5, 5.41) is 12.5. The van der Waals surface area contributed by atoms with E-state index in [0.717, 1.165) is 11.3 Å². The Morgan fingerprint density at radius 3 is 2.90 bits per heavy atom. The fraction of sp³-hybridized carbons (Fsp3) is 0.190. The first-order valence-electron chi connectivity index (χ1n) is 9.54. The molecule has 3 aromatic rings. The first kappa shape index (κ1) is 20.2. The summed E-state index contributed by atoms with van der Waals surface area (Å²) in [5.74, 6) is 0.999. The Hall–Kier alpha value is -4.08. The number of aromatic nitrogens is 3. The molecule has 0 radical (unpaired) electrons. The van der Waals surface area contributed by atoms with Crippen LogP contribution in [0.4, 0.5) is 15.9 Å². The van der Waals surface area contributed by atoms with Crippen LogP contribution in [0.25, 0.3) is 5.57 Å². The van der Waals surface area contributed by atoms with E-state index in [9.17, 15) is 4.39 Å². The molecule has 0 saturated carbocycles. The highest BCUT2D eigenvalue weighted by Crippen LogP contribution is 2.27. The minimum absolute atomic E-state index is 0.0508. The molecular weight excluding hydrogens is 399 g/mol. The predicted octanol–water partition coefficient (Wildman–Crippen LogP) is 2.16. The molecule has 1 aromatic carbocycles. The maximum Gasteiger partial charge on any atom is 0.143 e. The summed E-state index contributed by atoms with van der Waals surface area (Å²) >= 11 is 0. The van der Waals surface area contributed by atoms with Crippen LogP contribution < -0.4 is 16.4 Å². The molecule has 0 amide bonds. The van der Waals surface area contributed by atoms with Gasteiger partial charge >= 0.3 is 0 Å². The first-order chi connectivity index (χ1) is 15.0. The molecule has 10 heteroatoms. The topological polar surface area (TPSA) is 143 Å². The van der Waals surface area contributed by atoms with Crippen molar-refractivity contribution in [3.05, 3.63) is 70.9 Å². The maximum atomic E-state index is 14.5. The van der Waals surface area contributed by atoms with Gasteiger partial charge in [-0.3, -0.25) is 10.4 Å². The highest BCUT2D eigenvalue weighted by atomic mass is 19.1. The predicted molar refractivity (Wildman–Crippen MR) is 117 cm³/mol. The third kappa shape index (κ3) is 3.87. The Bertz CT molecular complexity index is 1200. The molecule has 2 aromatic heterocycles. The lowest BCUT2D eigenvalue weighted by Crippen LogP contribution is -2.30. The molecule has 5 N–H and O–H groups in total. The minimum atomic E-state index is -0.549. The molecule has 9 nitrogen and oxygen atoms in total. The molecule has 1 aliphatic rings. The molecule has 31 heavy (non-hydrogen) atoms. The zero-order valence-electron chi connectivity index (χ0n) is 16.8. The molecule has 0 atom stereocenters. The highest BCUT2D eigenvalue weighted by molar-refractivity contribution is 6.15. The molecule has 0 fully saturated rings. The summed E-state index contributed by atoms with van der Waals surface area (Å²) in [6.07, 6.45) is 6.52. The second-order valence-corrected chi connectivity index (χ2v) is 7.01. The van der Waals surface area contributed by atoms with Gasteiger partial charge in [-0.15, -0.1) is 0 Å². The summed E-state index contributed by atoms with van der Waals surface area (Å²) in [6, 6.07) is 4.38. The fourth-order valence-electron chi connectivity index (χ4n) is 3.50. The van der Waals surface area contributed by atoms with E-state index < -0.39 is 5.82 Å². The van der Waals surface area contributed by atoms with Gasteiger partial charge in [-0.2, -0.15) is 0 Å². The second kappa shape index (κ2) is 8.34. The molecule has 0 aliphatic carbocycles. The fourth-order valence-corrected chi connectivity index (χ4v) is 3.50. The monoisotopic (exact) mass is 420 g/mol. The molecule has 0 saturated heterocycles. The average molecular weight is 420 g/mol. The lowest BCUT2D eigenvalue weighted by molar-refractivity contribution is 0.377. The van der Waals surface area contributed by atoms with Crippen LogP contribution in [0.15, 0.2) is 46.4 Å². The van der Waals surface area contributed by atoms with E-state index in [0.29, 0.717) is 42.2 Å². The summed E-state index contributed by atoms with van der Waals surface area (Å²) in [5.41, 5.74) is 14.1. The smallest absolute Gasteiger partial charge is 0.143 e. The Morgan fingerprint density at radius 1 is 1.29 bits per heavy atom. The highest BCUT2D eigenvalue weighted by Gasteiger charge is 2.22. The third-order valence-corrected chi connectivity index (χ3v) is 5.10. The SMILES string of the molecule is CN=CC(=CN)c1cc(C(=N)c2cc(N3CCc4oncc4C3)ncn2)c(N)cc1F. The number of nitrogens with zero attached hydrogens (tertiary/aromatic N) is 5. The van der Waals surface area contributed by atoms with Gasteiger partial charge in [0.2, 0.25) is 0 Å². The van der Waals surface area contributed by atoms with Crippen molar-refractivity contribution < 1.29 is 8.91 Å². The van der Waals surface area contributed by atoms with Gasteiger partial charge in [-0.1, -0.05) is 5.16 Å². The van der Waals surface area contributed by atoms with E-state index in [1.807, 2.05) is 0 Å². The molecule has 158 valence electrons. The number of nitrogens with one attached hydrogen (secondary N) is 1. The van der Waals surface area contributed by atoms with Gasteiger partial charge in [0.25, 0.3) is 0 Å². The van der Waals surface area contributed by atoms with Gasteiger partial charge in [0.05, 0.1) is 17.6 Å². The van der Waals surface area contributed by atoms with Crippen molar-refractivity contribution in [3.63, 3.8) is 0 Å². The lowest BCUT2D eigenvalue weighted by atomic mass is 9.98. The Labute approximate surface area is 177 Å². The van der Waals surface area contributed by atoms with Crippen LogP contribution in [0.2, 0.25) is 0 Å². The van der Waals surface area contributed by atoms with Crippen molar-refractivity contribution in [1.82, 2.24) is 15.1 Å². The first-order valence-corrected chi connectivity index (χ1v) is 9.54. The summed E-state index contributed by atoms with van der Waals surface area (Å²) in [6.45, 7) is 1.31. The minimum Gasteiger partial charge on any atom is -0.404 e. The largest absolute Gasteiger partial charge is 0.404 e. The van der Waals surface area contributed by atoms with E-state index in [-0.39, 0.29) is 17.0 Å². The van der Waals surface area contributed by atoms with Crippen LogP contribution in [-0.4, -0.2) is 40.6 Å². The summed E-state index contributed by atoms with van der Waals surface area (Å²) < 4.78 is 19.7. The number of rotatable bonds is 5. The van der Waals surface area contributed by atoms with E-state index in [1.165, 1.54) is 30.9 Å². The van der Waals surface area contributed by atoms with Crippen molar-refractivity contribution in [2.45, 2.75) is 13.0 Å². The van der Waals surface area contributed by atoms with Crippen molar-refractivity contribution in [1.29, 1.82) is 5.41 Å². The van der Waals surface area contributed by atoms with Crippen molar-refractivity contribution in [2.75, 3.05) is 24.2 Å². The normalized spacial score (nSPS) is 14.1. The Morgan fingerprint density at radius 2 is 2.13 bits per heavy atom. The van der Waals surface area contributed by atoms with Crippen LogP contribution in [0.5, 0.6) is 0 Å². The number of fused-ring (bicyclic) bond motifs is 1. The van der Waals surface area contributed by atoms with Gasteiger partial charge in [0.15, 0.2) is 0 Å². The van der Waals surface area contributed by atoms with Crippen molar-refractivity contribution in [3.8, 4) is 0 Å². The van der Waals surface area contributed by atoms with Crippen LogP contribution >= 0.6 is 0 Å². The number of hydrogen-bond donors (Lipinski definition) is 3. The van der Waals surface area contributed by atoms with Gasteiger partial charge in [-0.05, 0) is 12.1 Å². The zero-order chi connectivity index (χ0) is 22.0. The number of benzene rings is 1. The number of hydrogen-bond acceptors (Lipinski definition) is 9. The summed E-state index contributed by atoms with van der Waals surface area (Å²) in [7, 11) is 1.56. The van der Waals surface area contributed by atoms with Gasteiger partial charge in [0.1, 0.15) is 23.7 Å². The number of allylic oxidation sites excluding steroid dienone is 1. The van der Waals surface area contributed by atoms with Crippen LogP contribution in [0.3, 0.4) is 0 Å². The maximum absolute atomic E-state index is 14.5. The lowest BCUT2D eigenvalue weighted by Gasteiger charge is -2.26. The van der Waals surface area contributed by atoms with E-state index in [2.05, 4.69) is 25.0 Å². The van der Waals surface area contributed by atoms with Gasteiger partial charge in [-0.25, -0.2) is 14.4 Å². The Balaban J connectivity index is 1.67. The molecule has 3 heterocycles. The van der Waals surface area contributed by atoms with Crippen molar-refractivity contribution >= 4 is 29.0 Å². The Kier molecular flexibility index (Phi) is 5.44. The third-order valence-electron chi connectivity index (χ3n) is 5.10. The second-order valence-electron chi connectivity index (χ2n) is 7.01. The quantitative estimate of drug-likeness (QED) is 0.424. The zero-order valence-corrected chi connectivity index (χ0v) is 16.8. The average Bonchev–Trinajstić information content (AvgIpc) is 3.25. The summed E-state index contributed by atoms with van der Waals surface area (Å²) in [4.78, 5) is 14.5. The van der Waals surface area contributed by atoms with Crippen molar-refractivity contribution in [2.24, 2.45) is 10.7 Å². The van der Waals surface area contributed by atoms with Gasteiger partial charge < -0.3 is 20.9 Å². The van der Waals surface area contributed by atoms with Crippen LogP contribution in [0, 0.1) is 11.2 Å². The van der Waals surface area contributed by atoms with E-state index in [4.69, 9.17) is 21.4 Å². The molecule has 0 unspecified atom stereocenters. The standard InChI is InChI=1S/C21H21FN8O/c1-26-8-12(7-23)14-4-15(17(24)5-16(14)22)21(25)18-6-20(28-11-27-18)30-3-2-19-13(10-30)9-29-31-19/h4-9,11,25H,2-3,10,23-24H2,1H3. The number of nitrogens with two attached hydrogens (primary N) is 2. The molecule has 0 spiro atoms. The number of aliphatic imine (C=N–C) groups is 1. The molecule has 4 rings (SSSR count). The number of anilines is 2. The van der Waals surface area contributed by atoms with E-state index in [1.54, 1.807) is 19.3 Å². The van der Waals surface area contributed by atoms with Crippen LogP contribution in [0.1, 0.15) is 28.1 Å². The molecular formula is C21H21FN8O. The molecule has 0 bridgehead atoms. The number of nitrogen functional groups attached to an aromatic ring is 1. The van der Waals surface area contributed by atoms with E-state index >= 15 is 0 Å². The van der Waals surface area contributed by atoms with Gasteiger partial charge in [0, 0.05) is 73.0 Å². The van der Waals surface area contributed by atoms with Crippen LogP contribution in [-0.2, 0) is 13.0 Å². The number of halogens is 1. The molecule has 1 aliphatic heterocycles.